The molecule has 4 nitrogen and oxygen atoms in total. The van der Waals surface area contributed by atoms with E-state index in [-0.39, 0.29) is 0 Å². The Hall–Kier alpha value is -2.75. The van der Waals surface area contributed by atoms with Crippen LogP contribution in [0.1, 0.15) is 13.3 Å². The van der Waals surface area contributed by atoms with Gasteiger partial charge >= 0.3 is 0 Å². The third-order valence-electron chi connectivity index (χ3n) is 3.22. The van der Waals surface area contributed by atoms with E-state index in [4.69, 9.17) is 4.74 Å². The first-order valence-electron chi connectivity index (χ1n) is 7.36. The number of aromatic nitrogens is 3. The van der Waals surface area contributed by atoms with E-state index in [1.54, 1.807) is 6.20 Å². The van der Waals surface area contributed by atoms with Crippen molar-refractivity contribution in [1.29, 1.82) is 0 Å². The predicted octanol–water partition coefficient (Wildman–Crippen LogP) is 3.99. The summed E-state index contributed by atoms with van der Waals surface area (Å²) in [6, 6.07) is 17.7. The van der Waals surface area contributed by atoms with Gasteiger partial charge in [0.2, 0.25) is 0 Å². The SMILES string of the molecule is CCCOc1ccccc1-c1nncc(-c2ccccc2)n1. The van der Waals surface area contributed by atoms with E-state index in [0.717, 1.165) is 29.0 Å². The Kier molecular flexibility index (Phi) is 4.39. The van der Waals surface area contributed by atoms with E-state index in [1.807, 2.05) is 54.6 Å². The minimum Gasteiger partial charge on any atom is -0.493 e. The molecule has 3 rings (SSSR count). The molecule has 0 radical (unpaired) electrons. The van der Waals surface area contributed by atoms with Crippen molar-refractivity contribution in [3.63, 3.8) is 0 Å². The zero-order chi connectivity index (χ0) is 15.2. The van der Waals surface area contributed by atoms with Gasteiger partial charge in [-0.25, -0.2) is 4.98 Å². The van der Waals surface area contributed by atoms with E-state index < -0.39 is 0 Å². The average Bonchev–Trinajstić information content (AvgIpc) is 2.61. The van der Waals surface area contributed by atoms with E-state index >= 15 is 0 Å². The molecule has 0 amide bonds. The second-order valence-corrected chi connectivity index (χ2v) is 4.88. The monoisotopic (exact) mass is 291 g/mol. The molecule has 0 aliphatic carbocycles. The molecule has 0 atom stereocenters. The Morgan fingerprint density at radius 3 is 2.55 bits per heavy atom. The highest BCUT2D eigenvalue weighted by Gasteiger charge is 2.10. The maximum atomic E-state index is 5.78. The van der Waals surface area contributed by atoms with E-state index in [9.17, 15) is 0 Å². The zero-order valence-electron chi connectivity index (χ0n) is 12.4. The van der Waals surface area contributed by atoms with Gasteiger partial charge in [0.25, 0.3) is 0 Å². The Balaban J connectivity index is 1.99. The van der Waals surface area contributed by atoms with Gasteiger partial charge in [-0.05, 0) is 18.6 Å². The number of hydrogen-bond donors (Lipinski definition) is 0. The maximum absolute atomic E-state index is 5.78. The minimum absolute atomic E-state index is 0.577. The van der Waals surface area contributed by atoms with Crippen LogP contribution in [0.25, 0.3) is 22.6 Å². The fourth-order valence-electron chi connectivity index (χ4n) is 2.15. The molecule has 110 valence electrons. The third-order valence-corrected chi connectivity index (χ3v) is 3.22. The summed E-state index contributed by atoms with van der Waals surface area (Å²) in [5.74, 6) is 1.37. The molecule has 0 aliphatic rings. The van der Waals surface area contributed by atoms with Gasteiger partial charge in [0.1, 0.15) is 5.75 Å². The Morgan fingerprint density at radius 2 is 1.73 bits per heavy atom. The molecule has 0 N–H and O–H groups in total. The molecule has 0 saturated carbocycles. The standard InChI is InChI=1S/C18H17N3O/c1-2-12-22-17-11-7-6-10-15(17)18-20-16(13-19-21-18)14-8-4-3-5-9-14/h3-11,13H,2,12H2,1H3. The first-order chi connectivity index (χ1) is 10.9. The van der Waals surface area contributed by atoms with Crippen LogP contribution in [0.2, 0.25) is 0 Å². The van der Waals surface area contributed by atoms with Gasteiger partial charge in [0, 0.05) is 5.56 Å². The van der Waals surface area contributed by atoms with Gasteiger partial charge in [-0.15, -0.1) is 5.10 Å². The fourth-order valence-corrected chi connectivity index (χ4v) is 2.15. The molecule has 2 aromatic carbocycles. The zero-order valence-corrected chi connectivity index (χ0v) is 12.4. The molecular weight excluding hydrogens is 274 g/mol. The second-order valence-electron chi connectivity index (χ2n) is 4.88. The van der Waals surface area contributed by atoms with Crippen molar-refractivity contribution in [2.75, 3.05) is 6.61 Å². The highest BCUT2D eigenvalue weighted by atomic mass is 16.5. The molecule has 0 saturated heterocycles. The Labute approximate surface area is 129 Å². The number of para-hydroxylation sites is 1. The van der Waals surface area contributed by atoms with Gasteiger partial charge in [0.05, 0.1) is 24.1 Å². The van der Waals surface area contributed by atoms with Crippen LogP contribution in [0, 0.1) is 0 Å². The third kappa shape index (κ3) is 3.11. The summed E-state index contributed by atoms with van der Waals surface area (Å²) in [6.45, 7) is 2.75. The molecule has 4 heteroatoms. The van der Waals surface area contributed by atoms with Gasteiger partial charge in [0.15, 0.2) is 5.82 Å². The Bertz CT molecular complexity index is 744. The maximum Gasteiger partial charge on any atom is 0.186 e. The van der Waals surface area contributed by atoms with Crippen LogP contribution < -0.4 is 4.74 Å². The summed E-state index contributed by atoms with van der Waals surface area (Å²) < 4.78 is 5.78. The quantitative estimate of drug-likeness (QED) is 0.713. The molecule has 22 heavy (non-hydrogen) atoms. The molecule has 0 aliphatic heterocycles. The van der Waals surface area contributed by atoms with Crippen molar-refractivity contribution >= 4 is 0 Å². The molecule has 0 spiro atoms. The van der Waals surface area contributed by atoms with Gasteiger partial charge in [-0.2, -0.15) is 5.10 Å². The van der Waals surface area contributed by atoms with E-state index in [1.165, 1.54) is 0 Å². The van der Waals surface area contributed by atoms with Gasteiger partial charge in [-0.1, -0.05) is 49.4 Å². The molecule has 3 aromatic rings. The predicted molar refractivity (Wildman–Crippen MR) is 86.5 cm³/mol. The lowest BCUT2D eigenvalue weighted by Crippen LogP contribution is -2.00. The first-order valence-corrected chi connectivity index (χ1v) is 7.36. The number of ether oxygens (including phenoxy) is 1. The number of hydrogen-bond acceptors (Lipinski definition) is 4. The lowest BCUT2D eigenvalue weighted by molar-refractivity contribution is 0.318. The lowest BCUT2D eigenvalue weighted by atomic mass is 10.1. The second kappa shape index (κ2) is 6.80. The topological polar surface area (TPSA) is 47.9 Å². The van der Waals surface area contributed by atoms with Crippen LogP contribution in [0.3, 0.4) is 0 Å². The number of rotatable bonds is 5. The first kappa shape index (κ1) is 14.2. The van der Waals surface area contributed by atoms with Crippen LogP contribution in [-0.4, -0.2) is 21.8 Å². The molecule has 0 unspecified atom stereocenters. The van der Waals surface area contributed by atoms with Crippen molar-refractivity contribution in [1.82, 2.24) is 15.2 Å². The van der Waals surface area contributed by atoms with Crippen molar-refractivity contribution < 1.29 is 4.74 Å². The summed E-state index contributed by atoms with van der Waals surface area (Å²) in [5.41, 5.74) is 2.68. The van der Waals surface area contributed by atoms with Crippen LogP contribution >= 0.6 is 0 Å². The largest absolute Gasteiger partial charge is 0.493 e. The molecule has 1 heterocycles. The number of benzene rings is 2. The lowest BCUT2D eigenvalue weighted by Gasteiger charge is -2.10. The summed E-state index contributed by atoms with van der Waals surface area (Å²) in [4.78, 5) is 4.63. The van der Waals surface area contributed by atoms with Gasteiger partial charge in [-0.3, -0.25) is 0 Å². The molecule has 0 fully saturated rings. The summed E-state index contributed by atoms with van der Waals surface area (Å²) in [6.07, 6.45) is 2.63. The van der Waals surface area contributed by atoms with Crippen LogP contribution in [0.5, 0.6) is 5.75 Å². The number of nitrogens with zero attached hydrogens (tertiary/aromatic N) is 3. The molecular formula is C18H17N3O. The van der Waals surface area contributed by atoms with Gasteiger partial charge < -0.3 is 4.74 Å². The fraction of sp³-hybridized carbons (Fsp3) is 0.167. The van der Waals surface area contributed by atoms with Crippen LogP contribution in [0.15, 0.2) is 60.8 Å². The summed E-state index contributed by atoms with van der Waals surface area (Å²) in [5, 5.41) is 8.25. The smallest absolute Gasteiger partial charge is 0.186 e. The summed E-state index contributed by atoms with van der Waals surface area (Å²) >= 11 is 0. The normalized spacial score (nSPS) is 10.4. The van der Waals surface area contributed by atoms with Crippen molar-refractivity contribution in [3.8, 4) is 28.4 Å². The highest BCUT2D eigenvalue weighted by molar-refractivity contribution is 5.66. The minimum atomic E-state index is 0.577. The summed E-state index contributed by atoms with van der Waals surface area (Å²) in [7, 11) is 0. The van der Waals surface area contributed by atoms with Crippen molar-refractivity contribution in [2.45, 2.75) is 13.3 Å². The molecule has 0 bridgehead atoms. The van der Waals surface area contributed by atoms with Crippen molar-refractivity contribution in [3.05, 3.63) is 60.8 Å². The van der Waals surface area contributed by atoms with Crippen LogP contribution in [0.4, 0.5) is 0 Å². The van der Waals surface area contributed by atoms with Crippen molar-refractivity contribution in [2.24, 2.45) is 0 Å². The highest BCUT2D eigenvalue weighted by Crippen LogP contribution is 2.28. The van der Waals surface area contributed by atoms with E-state index in [2.05, 4.69) is 22.1 Å². The average molecular weight is 291 g/mol. The molecule has 1 aromatic heterocycles. The van der Waals surface area contributed by atoms with E-state index in [0.29, 0.717) is 12.4 Å². The van der Waals surface area contributed by atoms with Crippen LogP contribution in [-0.2, 0) is 0 Å². The Morgan fingerprint density at radius 1 is 0.955 bits per heavy atom.